The molecular formula is C22H21BrFN5O2. The van der Waals surface area contributed by atoms with Gasteiger partial charge in [0.05, 0.1) is 29.8 Å². The number of nitrogens with zero attached hydrogens (tertiary/aromatic N) is 5. The molecule has 3 atom stereocenters. The summed E-state index contributed by atoms with van der Waals surface area (Å²) in [4.78, 5) is 21.0. The van der Waals surface area contributed by atoms with E-state index in [1.165, 1.54) is 10.9 Å². The van der Waals surface area contributed by atoms with Gasteiger partial charge in [-0.25, -0.2) is 9.37 Å². The second kappa shape index (κ2) is 7.71. The van der Waals surface area contributed by atoms with E-state index in [0.717, 1.165) is 29.9 Å². The van der Waals surface area contributed by atoms with Crippen LogP contribution in [0.25, 0.3) is 5.69 Å². The molecule has 1 amide bonds. The lowest BCUT2D eigenvalue weighted by Gasteiger charge is -2.39. The first-order valence-electron chi connectivity index (χ1n) is 10.2. The number of benzene rings is 1. The van der Waals surface area contributed by atoms with Gasteiger partial charge in [0, 0.05) is 28.5 Å². The van der Waals surface area contributed by atoms with Crippen LogP contribution < -0.4 is 4.74 Å². The Morgan fingerprint density at radius 1 is 1.26 bits per heavy atom. The van der Waals surface area contributed by atoms with E-state index in [0.29, 0.717) is 23.7 Å². The van der Waals surface area contributed by atoms with E-state index in [1.54, 1.807) is 18.5 Å². The Hall–Kier alpha value is -2.81. The van der Waals surface area contributed by atoms with Crippen LogP contribution in [-0.4, -0.2) is 49.5 Å². The van der Waals surface area contributed by atoms with E-state index in [4.69, 9.17) is 4.74 Å². The lowest BCUT2D eigenvalue weighted by molar-refractivity contribution is 0.0474. The van der Waals surface area contributed by atoms with Gasteiger partial charge in [-0.3, -0.25) is 4.79 Å². The Bertz CT molecular complexity index is 1110. The van der Waals surface area contributed by atoms with E-state index in [2.05, 4.69) is 38.0 Å². The number of carbonyl (C=O) groups is 1. The summed E-state index contributed by atoms with van der Waals surface area (Å²) >= 11 is 3.48. The molecule has 2 unspecified atom stereocenters. The third kappa shape index (κ3) is 3.82. The van der Waals surface area contributed by atoms with Crippen LogP contribution in [0.5, 0.6) is 5.88 Å². The largest absolute Gasteiger partial charge is 0.474 e. The van der Waals surface area contributed by atoms with Crippen molar-refractivity contribution < 1.29 is 13.9 Å². The molecule has 2 aromatic heterocycles. The molecule has 160 valence electrons. The zero-order valence-electron chi connectivity index (χ0n) is 16.9. The maximum Gasteiger partial charge on any atom is 0.256 e. The van der Waals surface area contributed by atoms with Gasteiger partial charge in [0.1, 0.15) is 11.9 Å². The van der Waals surface area contributed by atoms with Crippen molar-refractivity contribution in [3.05, 3.63) is 64.8 Å². The molecule has 1 saturated heterocycles. The first kappa shape index (κ1) is 20.1. The van der Waals surface area contributed by atoms with Crippen molar-refractivity contribution in [3.8, 4) is 11.6 Å². The van der Waals surface area contributed by atoms with Crippen LogP contribution in [0, 0.1) is 11.2 Å². The first-order chi connectivity index (χ1) is 14.9. The highest BCUT2D eigenvalue weighted by atomic mass is 79.9. The number of hydrogen-bond acceptors (Lipinski definition) is 5. The Morgan fingerprint density at radius 2 is 2.06 bits per heavy atom. The van der Waals surface area contributed by atoms with Gasteiger partial charge in [0.2, 0.25) is 5.88 Å². The average Bonchev–Trinajstić information content (AvgIpc) is 3.14. The van der Waals surface area contributed by atoms with Gasteiger partial charge in [0.15, 0.2) is 0 Å². The number of carbonyl (C=O) groups excluding carboxylic acids is 1. The third-order valence-corrected chi connectivity index (χ3v) is 6.73. The van der Waals surface area contributed by atoms with Crippen LogP contribution in [0.3, 0.4) is 0 Å². The molecule has 1 saturated carbocycles. The summed E-state index contributed by atoms with van der Waals surface area (Å²) in [6.07, 6.45) is 7.04. The molecule has 5 rings (SSSR count). The number of hydrogen-bond donors (Lipinski definition) is 0. The SMILES string of the molecule is C[C@@H]1CCC2(CC2Oc2ccc(F)cn2)CN1C(=O)c1cc(Br)ccc1-n1nccn1. The summed E-state index contributed by atoms with van der Waals surface area (Å²) in [5.74, 6) is -0.0258. The van der Waals surface area contributed by atoms with E-state index < -0.39 is 5.82 Å². The van der Waals surface area contributed by atoms with Crippen LogP contribution >= 0.6 is 15.9 Å². The summed E-state index contributed by atoms with van der Waals surface area (Å²) in [5, 5.41) is 8.39. The fourth-order valence-electron chi connectivity index (χ4n) is 4.33. The van der Waals surface area contributed by atoms with Crippen molar-refractivity contribution in [2.75, 3.05) is 6.54 Å². The zero-order valence-corrected chi connectivity index (χ0v) is 18.5. The van der Waals surface area contributed by atoms with Crippen molar-refractivity contribution in [3.63, 3.8) is 0 Å². The molecule has 0 N–H and O–H groups in total. The number of rotatable bonds is 4. The Balaban J connectivity index is 1.38. The Kier molecular flexibility index (Phi) is 5.00. The molecule has 1 aliphatic heterocycles. The summed E-state index contributed by atoms with van der Waals surface area (Å²) in [6.45, 7) is 2.69. The molecule has 9 heteroatoms. The third-order valence-electron chi connectivity index (χ3n) is 6.24. The van der Waals surface area contributed by atoms with E-state index in [1.807, 2.05) is 23.1 Å². The standard InChI is InChI=1S/C22H21BrFN5O2/c1-14-6-7-22(11-19(22)31-20-5-3-16(24)12-25-20)13-28(14)21(30)17-10-15(23)2-4-18(17)29-26-8-9-27-29/h2-5,8-10,12,14,19H,6-7,11,13H2,1H3/t14-,19?,22?/m1/s1. The van der Waals surface area contributed by atoms with Crippen LogP contribution in [0.1, 0.15) is 36.5 Å². The van der Waals surface area contributed by atoms with Crippen LogP contribution in [0.2, 0.25) is 0 Å². The van der Waals surface area contributed by atoms with E-state index >= 15 is 0 Å². The molecule has 2 aliphatic rings. The second-order valence-electron chi connectivity index (χ2n) is 8.29. The van der Waals surface area contributed by atoms with Crippen LogP contribution in [-0.2, 0) is 0 Å². The Morgan fingerprint density at radius 3 is 2.81 bits per heavy atom. The molecule has 1 aliphatic carbocycles. The maximum atomic E-state index is 13.6. The highest BCUT2D eigenvalue weighted by molar-refractivity contribution is 9.10. The highest BCUT2D eigenvalue weighted by Crippen LogP contribution is 2.55. The van der Waals surface area contributed by atoms with Gasteiger partial charge in [-0.05, 0) is 50.5 Å². The number of amides is 1. The normalized spacial score (nSPS) is 24.9. The van der Waals surface area contributed by atoms with Gasteiger partial charge < -0.3 is 9.64 Å². The summed E-state index contributed by atoms with van der Waals surface area (Å²) in [6, 6.07) is 8.52. The van der Waals surface area contributed by atoms with Gasteiger partial charge in [-0.1, -0.05) is 15.9 Å². The number of piperidine rings is 1. The minimum Gasteiger partial charge on any atom is -0.474 e. The van der Waals surface area contributed by atoms with E-state index in [-0.39, 0.29) is 23.5 Å². The molecule has 0 bridgehead atoms. The number of aromatic nitrogens is 4. The fourth-order valence-corrected chi connectivity index (χ4v) is 4.69. The minimum atomic E-state index is -0.391. The van der Waals surface area contributed by atoms with Crippen LogP contribution in [0.15, 0.2) is 53.4 Å². The quantitative estimate of drug-likeness (QED) is 0.557. The van der Waals surface area contributed by atoms with Gasteiger partial charge in [-0.2, -0.15) is 15.0 Å². The van der Waals surface area contributed by atoms with Crippen molar-refractivity contribution in [2.24, 2.45) is 5.41 Å². The number of halogens is 2. The summed E-state index contributed by atoms with van der Waals surface area (Å²) in [7, 11) is 0. The average molecular weight is 486 g/mol. The lowest BCUT2D eigenvalue weighted by atomic mass is 9.89. The lowest BCUT2D eigenvalue weighted by Crippen LogP contribution is -2.47. The molecule has 3 aromatic rings. The predicted molar refractivity (Wildman–Crippen MR) is 114 cm³/mol. The summed E-state index contributed by atoms with van der Waals surface area (Å²) < 4.78 is 19.9. The molecule has 7 nitrogen and oxygen atoms in total. The molecule has 31 heavy (non-hydrogen) atoms. The monoisotopic (exact) mass is 485 g/mol. The fraction of sp³-hybridized carbons (Fsp3) is 0.364. The van der Waals surface area contributed by atoms with Gasteiger partial charge in [-0.15, -0.1) is 0 Å². The van der Waals surface area contributed by atoms with Crippen molar-refractivity contribution >= 4 is 21.8 Å². The Labute approximate surface area is 187 Å². The molecular weight excluding hydrogens is 465 g/mol. The van der Waals surface area contributed by atoms with Crippen molar-refractivity contribution in [2.45, 2.75) is 38.3 Å². The minimum absolute atomic E-state index is 0.0250. The number of ether oxygens (including phenoxy) is 1. The highest BCUT2D eigenvalue weighted by Gasteiger charge is 2.59. The maximum absolute atomic E-state index is 13.6. The zero-order chi connectivity index (χ0) is 21.6. The topological polar surface area (TPSA) is 73.1 Å². The molecule has 1 aromatic carbocycles. The smallest absolute Gasteiger partial charge is 0.256 e. The summed E-state index contributed by atoms with van der Waals surface area (Å²) in [5.41, 5.74) is 1.10. The molecule has 3 heterocycles. The molecule has 0 radical (unpaired) electrons. The van der Waals surface area contributed by atoms with Crippen LogP contribution in [0.4, 0.5) is 4.39 Å². The number of pyridine rings is 1. The van der Waals surface area contributed by atoms with Gasteiger partial charge in [0.25, 0.3) is 5.91 Å². The molecule has 1 spiro atoms. The second-order valence-corrected chi connectivity index (χ2v) is 9.20. The number of likely N-dealkylation sites (tertiary alicyclic amines) is 1. The first-order valence-corrected chi connectivity index (χ1v) is 11.0. The molecule has 2 fully saturated rings. The van der Waals surface area contributed by atoms with E-state index in [9.17, 15) is 9.18 Å². The van der Waals surface area contributed by atoms with Gasteiger partial charge >= 0.3 is 0 Å². The predicted octanol–water partition coefficient (Wildman–Crippen LogP) is 4.03. The van der Waals surface area contributed by atoms with Crippen molar-refractivity contribution in [1.82, 2.24) is 24.9 Å². The van der Waals surface area contributed by atoms with Crippen molar-refractivity contribution in [1.29, 1.82) is 0 Å².